The van der Waals surface area contributed by atoms with Gasteiger partial charge in [-0.25, -0.2) is 0 Å². The van der Waals surface area contributed by atoms with Crippen molar-refractivity contribution in [1.29, 1.82) is 0 Å². The second kappa shape index (κ2) is 3.11. The standard InChI is InChI=1S/C11H20N4/c1-14-6-4-11(5-7-14)8-13-10(12)15(11)9-2-3-9/h9H,2-8H2,1H3,(H2,12,13). The molecule has 1 spiro atoms. The Morgan fingerprint density at radius 1 is 1.33 bits per heavy atom. The van der Waals surface area contributed by atoms with Crippen molar-refractivity contribution < 1.29 is 0 Å². The number of nitrogens with two attached hydrogens (primary N) is 1. The molecule has 0 aromatic rings. The van der Waals surface area contributed by atoms with Crippen LogP contribution in [-0.2, 0) is 0 Å². The lowest BCUT2D eigenvalue weighted by molar-refractivity contribution is 0.0943. The van der Waals surface area contributed by atoms with E-state index in [1.807, 2.05) is 0 Å². The monoisotopic (exact) mass is 208 g/mol. The van der Waals surface area contributed by atoms with Crippen molar-refractivity contribution in [2.24, 2.45) is 10.7 Å². The van der Waals surface area contributed by atoms with Gasteiger partial charge in [0.15, 0.2) is 5.96 Å². The third-order valence-electron chi connectivity index (χ3n) is 4.12. The highest BCUT2D eigenvalue weighted by molar-refractivity contribution is 5.81. The molecule has 4 heteroatoms. The third kappa shape index (κ3) is 1.42. The zero-order valence-corrected chi connectivity index (χ0v) is 9.45. The fourth-order valence-electron chi connectivity index (χ4n) is 2.96. The van der Waals surface area contributed by atoms with Crippen LogP contribution in [0.25, 0.3) is 0 Å². The summed E-state index contributed by atoms with van der Waals surface area (Å²) in [4.78, 5) is 9.33. The van der Waals surface area contributed by atoms with E-state index in [1.165, 1.54) is 38.8 Å². The topological polar surface area (TPSA) is 44.9 Å². The largest absolute Gasteiger partial charge is 0.370 e. The first-order chi connectivity index (χ1) is 7.21. The quantitative estimate of drug-likeness (QED) is 0.671. The van der Waals surface area contributed by atoms with Gasteiger partial charge in [-0.05, 0) is 32.7 Å². The molecule has 4 nitrogen and oxygen atoms in total. The van der Waals surface area contributed by atoms with Crippen LogP contribution in [0.2, 0.25) is 0 Å². The molecule has 84 valence electrons. The molecular weight excluding hydrogens is 188 g/mol. The molecule has 1 saturated carbocycles. The molecule has 0 aromatic carbocycles. The Morgan fingerprint density at radius 2 is 2.00 bits per heavy atom. The second-order valence-electron chi connectivity index (χ2n) is 5.30. The van der Waals surface area contributed by atoms with Gasteiger partial charge in [0, 0.05) is 19.1 Å². The number of hydrogen-bond donors (Lipinski definition) is 1. The Hall–Kier alpha value is -0.770. The van der Waals surface area contributed by atoms with E-state index >= 15 is 0 Å². The van der Waals surface area contributed by atoms with Gasteiger partial charge in [-0.2, -0.15) is 0 Å². The molecule has 2 N–H and O–H groups in total. The maximum atomic E-state index is 6.02. The van der Waals surface area contributed by atoms with Crippen molar-refractivity contribution in [1.82, 2.24) is 9.80 Å². The predicted octanol–water partition coefficient (Wildman–Crippen LogP) is 0.244. The zero-order valence-electron chi connectivity index (χ0n) is 9.45. The Morgan fingerprint density at radius 3 is 2.60 bits per heavy atom. The Balaban J connectivity index is 1.80. The van der Waals surface area contributed by atoms with Gasteiger partial charge in [-0.3, -0.25) is 4.99 Å². The summed E-state index contributed by atoms with van der Waals surface area (Å²) in [7, 11) is 2.20. The normalized spacial score (nSPS) is 31.0. The summed E-state index contributed by atoms with van der Waals surface area (Å²) in [5.41, 5.74) is 6.31. The molecule has 2 fully saturated rings. The van der Waals surface area contributed by atoms with Crippen LogP contribution in [0.15, 0.2) is 4.99 Å². The number of likely N-dealkylation sites (tertiary alicyclic amines) is 1. The van der Waals surface area contributed by atoms with Crippen molar-refractivity contribution in [3.05, 3.63) is 0 Å². The molecule has 0 unspecified atom stereocenters. The molecule has 3 rings (SSSR count). The van der Waals surface area contributed by atoms with Crippen LogP contribution < -0.4 is 5.73 Å². The van der Waals surface area contributed by atoms with Crippen LogP contribution >= 0.6 is 0 Å². The van der Waals surface area contributed by atoms with Crippen molar-refractivity contribution in [2.45, 2.75) is 37.3 Å². The SMILES string of the molecule is CN1CCC2(CC1)CN=C(N)N2C1CC1. The van der Waals surface area contributed by atoms with Gasteiger partial charge < -0.3 is 15.5 Å². The van der Waals surface area contributed by atoms with Crippen molar-refractivity contribution in [3.8, 4) is 0 Å². The highest BCUT2D eigenvalue weighted by Crippen LogP contribution is 2.40. The molecule has 1 saturated heterocycles. The van der Waals surface area contributed by atoms with Crippen LogP contribution in [0, 0.1) is 0 Å². The molecule has 0 aromatic heterocycles. The minimum Gasteiger partial charge on any atom is -0.370 e. The highest BCUT2D eigenvalue weighted by Gasteiger charge is 2.49. The number of nitrogens with zero attached hydrogens (tertiary/aromatic N) is 3. The summed E-state index contributed by atoms with van der Waals surface area (Å²) in [6.45, 7) is 3.31. The van der Waals surface area contributed by atoms with Gasteiger partial charge in [-0.1, -0.05) is 0 Å². The number of rotatable bonds is 1. The van der Waals surface area contributed by atoms with E-state index in [0.29, 0.717) is 6.04 Å². The fourth-order valence-corrected chi connectivity index (χ4v) is 2.96. The van der Waals surface area contributed by atoms with Gasteiger partial charge in [-0.15, -0.1) is 0 Å². The molecule has 0 atom stereocenters. The highest BCUT2D eigenvalue weighted by atomic mass is 15.4. The van der Waals surface area contributed by atoms with Gasteiger partial charge >= 0.3 is 0 Å². The number of aliphatic imine (C=N–C) groups is 1. The van der Waals surface area contributed by atoms with Crippen LogP contribution in [0.3, 0.4) is 0 Å². The summed E-state index contributed by atoms with van der Waals surface area (Å²) in [6.07, 6.45) is 5.08. The Labute approximate surface area is 91.1 Å². The maximum Gasteiger partial charge on any atom is 0.192 e. The van der Waals surface area contributed by atoms with Crippen molar-refractivity contribution in [3.63, 3.8) is 0 Å². The third-order valence-corrected chi connectivity index (χ3v) is 4.12. The van der Waals surface area contributed by atoms with Gasteiger partial charge in [0.1, 0.15) is 0 Å². The Kier molecular flexibility index (Phi) is 1.96. The molecule has 0 bridgehead atoms. The minimum atomic E-state index is 0.289. The summed E-state index contributed by atoms with van der Waals surface area (Å²) >= 11 is 0. The van der Waals surface area contributed by atoms with E-state index in [2.05, 4.69) is 21.8 Å². The molecule has 2 aliphatic heterocycles. The fraction of sp³-hybridized carbons (Fsp3) is 0.909. The van der Waals surface area contributed by atoms with E-state index in [-0.39, 0.29) is 5.54 Å². The minimum absolute atomic E-state index is 0.289. The summed E-state index contributed by atoms with van der Waals surface area (Å²) in [5.74, 6) is 0.807. The number of piperidine rings is 1. The molecule has 2 heterocycles. The van der Waals surface area contributed by atoms with Crippen LogP contribution in [0.1, 0.15) is 25.7 Å². The molecule has 3 aliphatic rings. The van der Waals surface area contributed by atoms with Gasteiger partial charge in [0.25, 0.3) is 0 Å². The van der Waals surface area contributed by atoms with E-state index in [1.54, 1.807) is 0 Å². The molecule has 0 radical (unpaired) electrons. The predicted molar refractivity (Wildman–Crippen MR) is 60.8 cm³/mol. The summed E-state index contributed by atoms with van der Waals surface area (Å²) < 4.78 is 0. The number of guanidine groups is 1. The summed E-state index contributed by atoms with van der Waals surface area (Å²) in [6, 6.07) is 0.708. The lowest BCUT2D eigenvalue weighted by Gasteiger charge is -2.44. The van der Waals surface area contributed by atoms with E-state index in [4.69, 9.17) is 5.73 Å². The van der Waals surface area contributed by atoms with Gasteiger partial charge in [0.2, 0.25) is 0 Å². The smallest absolute Gasteiger partial charge is 0.192 e. The average molecular weight is 208 g/mol. The van der Waals surface area contributed by atoms with Crippen LogP contribution in [0.4, 0.5) is 0 Å². The zero-order chi connectivity index (χ0) is 10.5. The van der Waals surface area contributed by atoms with E-state index in [9.17, 15) is 0 Å². The van der Waals surface area contributed by atoms with Gasteiger partial charge in [0.05, 0.1) is 12.1 Å². The molecule has 1 aliphatic carbocycles. The summed E-state index contributed by atoms with van der Waals surface area (Å²) in [5, 5.41) is 0. The first-order valence-electron chi connectivity index (χ1n) is 5.99. The van der Waals surface area contributed by atoms with Crippen molar-refractivity contribution in [2.75, 3.05) is 26.7 Å². The first-order valence-corrected chi connectivity index (χ1v) is 5.99. The Bertz CT molecular complexity index is 287. The lowest BCUT2D eigenvalue weighted by Crippen LogP contribution is -2.57. The maximum absolute atomic E-state index is 6.02. The van der Waals surface area contributed by atoms with Crippen LogP contribution in [0.5, 0.6) is 0 Å². The van der Waals surface area contributed by atoms with Crippen LogP contribution in [-0.4, -0.2) is 54.0 Å². The molecular formula is C11H20N4. The first kappa shape index (κ1) is 9.46. The lowest BCUT2D eigenvalue weighted by atomic mass is 9.86. The molecule has 15 heavy (non-hydrogen) atoms. The molecule has 0 amide bonds. The van der Waals surface area contributed by atoms with Crippen molar-refractivity contribution >= 4 is 5.96 Å². The van der Waals surface area contributed by atoms with E-state index in [0.717, 1.165) is 12.5 Å². The number of hydrogen-bond acceptors (Lipinski definition) is 4. The second-order valence-corrected chi connectivity index (χ2v) is 5.30. The van der Waals surface area contributed by atoms with E-state index < -0.39 is 0 Å². The average Bonchev–Trinajstić information content (AvgIpc) is 3.00.